The first-order valence-corrected chi connectivity index (χ1v) is 7.21. The number of amides is 1. The molecule has 0 saturated carbocycles. The van der Waals surface area contributed by atoms with Gasteiger partial charge in [0.1, 0.15) is 5.82 Å². The average molecular weight is 286 g/mol. The minimum absolute atomic E-state index is 0.0997. The zero-order valence-electron chi connectivity index (χ0n) is 12.2. The van der Waals surface area contributed by atoms with Crippen LogP contribution in [0.2, 0.25) is 0 Å². The van der Waals surface area contributed by atoms with Gasteiger partial charge in [0.2, 0.25) is 5.76 Å². The predicted octanol–water partition coefficient (Wildman–Crippen LogP) is 1.97. The van der Waals surface area contributed by atoms with Crippen molar-refractivity contribution in [2.75, 3.05) is 13.1 Å². The Morgan fingerprint density at radius 2 is 2.38 bits per heavy atom. The number of nitrogens with zero attached hydrogens (tertiary/aromatic N) is 4. The van der Waals surface area contributed by atoms with E-state index in [1.165, 1.54) is 0 Å². The lowest BCUT2D eigenvalue weighted by Crippen LogP contribution is -2.28. The summed E-state index contributed by atoms with van der Waals surface area (Å²) in [5, 5.41) is 3.87. The van der Waals surface area contributed by atoms with E-state index >= 15 is 0 Å². The van der Waals surface area contributed by atoms with Crippen molar-refractivity contribution in [1.29, 1.82) is 0 Å². The zero-order valence-corrected chi connectivity index (χ0v) is 12.2. The number of aryl methyl sites for hydroxylation is 2. The number of rotatable bonds is 3. The van der Waals surface area contributed by atoms with Gasteiger partial charge < -0.3 is 9.42 Å². The fraction of sp³-hybridized carbons (Fsp3) is 0.467. The van der Waals surface area contributed by atoms with Gasteiger partial charge in [0.25, 0.3) is 5.91 Å². The van der Waals surface area contributed by atoms with E-state index in [-0.39, 0.29) is 11.8 Å². The van der Waals surface area contributed by atoms with Gasteiger partial charge in [0, 0.05) is 37.0 Å². The summed E-state index contributed by atoms with van der Waals surface area (Å²) >= 11 is 0. The minimum atomic E-state index is -0.0997. The van der Waals surface area contributed by atoms with Gasteiger partial charge in [0.15, 0.2) is 0 Å². The van der Waals surface area contributed by atoms with Gasteiger partial charge in [-0.2, -0.15) is 0 Å². The molecule has 1 aliphatic heterocycles. The molecule has 2 aromatic heterocycles. The summed E-state index contributed by atoms with van der Waals surface area (Å²) in [5.41, 5.74) is 1.75. The lowest BCUT2D eigenvalue weighted by molar-refractivity contribution is 0.0749. The molecule has 6 nitrogen and oxygen atoms in total. The molecular formula is C15H18N4O2. The van der Waals surface area contributed by atoms with Crippen LogP contribution in [0.5, 0.6) is 0 Å². The van der Waals surface area contributed by atoms with Crippen LogP contribution < -0.4 is 0 Å². The molecular weight excluding hydrogens is 268 g/mol. The molecule has 3 heterocycles. The molecule has 0 N–H and O–H groups in total. The standard InChI is InChI=1S/C15H18N4O2/c1-3-12-8-13(21-18-12)15(20)19-7-5-11(9-19)14-16-6-4-10(2)17-14/h4,6,8,11H,3,5,7,9H2,1-2H3. The van der Waals surface area contributed by atoms with E-state index in [1.807, 2.05) is 19.9 Å². The molecule has 6 heteroatoms. The molecule has 0 radical (unpaired) electrons. The summed E-state index contributed by atoms with van der Waals surface area (Å²) in [5.74, 6) is 1.23. The van der Waals surface area contributed by atoms with Crippen LogP contribution in [0.25, 0.3) is 0 Å². The maximum atomic E-state index is 12.4. The highest BCUT2D eigenvalue weighted by Gasteiger charge is 2.31. The number of hydrogen-bond donors (Lipinski definition) is 0. The second-order valence-corrected chi connectivity index (χ2v) is 5.33. The highest BCUT2D eigenvalue weighted by Crippen LogP contribution is 2.26. The van der Waals surface area contributed by atoms with E-state index in [0.717, 1.165) is 30.1 Å². The monoisotopic (exact) mass is 286 g/mol. The van der Waals surface area contributed by atoms with Crippen LogP contribution in [-0.4, -0.2) is 39.0 Å². The lowest BCUT2D eigenvalue weighted by atomic mass is 10.1. The molecule has 1 unspecified atom stereocenters. The van der Waals surface area contributed by atoms with Crippen LogP contribution in [0.3, 0.4) is 0 Å². The van der Waals surface area contributed by atoms with Gasteiger partial charge in [-0.3, -0.25) is 4.79 Å². The fourth-order valence-electron chi connectivity index (χ4n) is 2.56. The van der Waals surface area contributed by atoms with Crippen molar-refractivity contribution < 1.29 is 9.32 Å². The van der Waals surface area contributed by atoms with Crippen LogP contribution in [-0.2, 0) is 6.42 Å². The van der Waals surface area contributed by atoms with Gasteiger partial charge in [-0.1, -0.05) is 12.1 Å². The highest BCUT2D eigenvalue weighted by atomic mass is 16.5. The first kappa shape index (κ1) is 13.7. The first-order valence-electron chi connectivity index (χ1n) is 7.21. The van der Waals surface area contributed by atoms with E-state index in [2.05, 4.69) is 15.1 Å². The molecule has 0 aromatic carbocycles. The van der Waals surface area contributed by atoms with Gasteiger partial charge in [0.05, 0.1) is 5.69 Å². The van der Waals surface area contributed by atoms with Crippen LogP contribution >= 0.6 is 0 Å². The summed E-state index contributed by atoms with van der Waals surface area (Å²) in [6, 6.07) is 3.60. The molecule has 0 spiro atoms. The number of carbonyl (C=O) groups excluding carboxylic acids is 1. The van der Waals surface area contributed by atoms with E-state index in [0.29, 0.717) is 18.8 Å². The number of hydrogen-bond acceptors (Lipinski definition) is 5. The normalized spacial score (nSPS) is 18.2. The third-order valence-corrected chi connectivity index (χ3v) is 3.79. The second-order valence-electron chi connectivity index (χ2n) is 5.33. The Morgan fingerprint density at radius 3 is 3.10 bits per heavy atom. The summed E-state index contributed by atoms with van der Waals surface area (Å²) in [4.78, 5) is 22.9. The largest absolute Gasteiger partial charge is 0.351 e. The van der Waals surface area contributed by atoms with Gasteiger partial charge in [-0.15, -0.1) is 0 Å². The van der Waals surface area contributed by atoms with Crippen LogP contribution in [0, 0.1) is 6.92 Å². The second kappa shape index (κ2) is 5.63. The Balaban J connectivity index is 1.70. The quantitative estimate of drug-likeness (QED) is 0.862. The van der Waals surface area contributed by atoms with Crippen molar-refractivity contribution in [2.24, 2.45) is 0 Å². The Labute approximate surface area is 123 Å². The minimum Gasteiger partial charge on any atom is -0.351 e. The average Bonchev–Trinajstić information content (AvgIpc) is 3.16. The molecule has 21 heavy (non-hydrogen) atoms. The molecule has 110 valence electrons. The number of likely N-dealkylation sites (tertiary alicyclic amines) is 1. The molecule has 0 aliphatic carbocycles. The SMILES string of the molecule is CCc1cc(C(=O)N2CCC(c3nccc(C)n3)C2)on1. The van der Waals surface area contributed by atoms with Crippen LogP contribution in [0.15, 0.2) is 22.9 Å². The summed E-state index contributed by atoms with van der Waals surface area (Å²) in [7, 11) is 0. The molecule has 1 amide bonds. The topological polar surface area (TPSA) is 72.1 Å². The van der Waals surface area contributed by atoms with Crippen molar-refractivity contribution in [3.05, 3.63) is 41.3 Å². The summed E-state index contributed by atoms with van der Waals surface area (Å²) in [6.45, 7) is 5.25. The number of aromatic nitrogens is 3. The smallest absolute Gasteiger partial charge is 0.292 e. The van der Waals surface area contributed by atoms with Gasteiger partial charge in [-0.05, 0) is 25.8 Å². The molecule has 3 rings (SSSR count). The Kier molecular flexibility index (Phi) is 3.68. The first-order chi connectivity index (χ1) is 10.2. The Morgan fingerprint density at radius 1 is 1.52 bits per heavy atom. The van der Waals surface area contributed by atoms with Crippen LogP contribution in [0.1, 0.15) is 47.0 Å². The molecule has 0 bridgehead atoms. The predicted molar refractivity (Wildman–Crippen MR) is 75.9 cm³/mol. The maximum Gasteiger partial charge on any atom is 0.292 e. The Hall–Kier alpha value is -2.24. The fourth-order valence-corrected chi connectivity index (χ4v) is 2.56. The van der Waals surface area contributed by atoms with Crippen LogP contribution in [0.4, 0.5) is 0 Å². The third-order valence-electron chi connectivity index (χ3n) is 3.79. The number of carbonyl (C=O) groups is 1. The molecule has 2 aromatic rings. The van der Waals surface area contributed by atoms with Crippen molar-refractivity contribution in [3.63, 3.8) is 0 Å². The highest BCUT2D eigenvalue weighted by molar-refractivity contribution is 5.91. The van der Waals surface area contributed by atoms with Crippen molar-refractivity contribution in [2.45, 2.75) is 32.6 Å². The van der Waals surface area contributed by atoms with E-state index in [9.17, 15) is 4.79 Å². The third kappa shape index (κ3) is 2.79. The van der Waals surface area contributed by atoms with E-state index < -0.39 is 0 Å². The van der Waals surface area contributed by atoms with Crippen molar-refractivity contribution in [1.82, 2.24) is 20.0 Å². The van der Waals surface area contributed by atoms with E-state index in [1.54, 1.807) is 17.2 Å². The summed E-state index contributed by atoms with van der Waals surface area (Å²) < 4.78 is 5.12. The van der Waals surface area contributed by atoms with Gasteiger partial charge in [-0.25, -0.2) is 9.97 Å². The molecule has 1 fully saturated rings. The summed E-state index contributed by atoms with van der Waals surface area (Å²) in [6.07, 6.45) is 3.41. The lowest BCUT2D eigenvalue weighted by Gasteiger charge is -2.14. The maximum absolute atomic E-state index is 12.4. The molecule has 1 saturated heterocycles. The van der Waals surface area contributed by atoms with Gasteiger partial charge >= 0.3 is 0 Å². The molecule has 1 aliphatic rings. The van der Waals surface area contributed by atoms with E-state index in [4.69, 9.17) is 4.52 Å². The van der Waals surface area contributed by atoms with Crippen molar-refractivity contribution >= 4 is 5.91 Å². The Bertz CT molecular complexity index is 653. The van der Waals surface area contributed by atoms with Crippen molar-refractivity contribution in [3.8, 4) is 0 Å². The molecule has 1 atom stereocenters. The zero-order chi connectivity index (χ0) is 14.8.